The third-order valence-corrected chi connectivity index (χ3v) is 3.19. The van der Waals surface area contributed by atoms with Crippen molar-refractivity contribution in [2.45, 2.75) is 6.54 Å². The first-order valence-corrected chi connectivity index (χ1v) is 6.79. The van der Waals surface area contributed by atoms with Gasteiger partial charge in [-0.05, 0) is 29.8 Å². The van der Waals surface area contributed by atoms with Crippen LogP contribution in [0.25, 0.3) is 0 Å². The molecule has 0 amide bonds. The molecule has 3 nitrogen and oxygen atoms in total. The molecule has 0 saturated carbocycles. The smallest absolute Gasteiger partial charge is 0.196 e. The van der Waals surface area contributed by atoms with Crippen LogP contribution < -0.4 is 5.73 Å². The molecule has 2 aromatic carbocycles. The fraction of sp³-hybridized carbons (Fsp3) is 0.133. The first-order valence-electron chi connectivity index (χ1n) is 6.00. The molecular weight excluding hydrogens is 302 g/mol. The Hall–Kier alpha value is -1.81. The van der Waals surface area contributed by atoms with Gasteiger partial charge < -0.3 is 10.6 Å². The minimum absolute atomic E-state index is 0.506. The molecule has 0 aliphatic carbocycles. The number of hydrogen-bond donors (Lipinski definition) is 1. The number of para-hydroxylation sites is 1. The molecule has 19 heavy (non-hydrogen) atoms. The van der Waals surface area contributed by atoms with E-state index >= 15 is 0 Å². The Labute approximate surface area is 121 Å². The third kappa shape index (κ3) is 4.10. The van der Waals surface area contributed by atoms with Gasteiger partial charge in [0.05, 0.1) is 5.69 Å². The summed E-state index contributed by atoms with van der Waals surface area (Å²) in [5.74, 6) is 0.506. The second-order valence-corrected chi connectivity index (χ2v) is 5.21. The second kappa shape index (κ2) is 6.38. The molecule has 0 aliphatic rings. The maximum absolute atomic E-state index is 6.00. The summed E-state index contributed by atoms with van der Waals surface area (Å²) in [6, 6.07) is 17.9. The Kier molecular flexibility index (Phi) is 4.58. The standard InChI is InChI=1S/C15H16BrN3/c1-19(11-12-6-5-7-13(16)10-12)15(17)18-14-8-3-2-4-9-14/h2-10H,11H2,1H3,(H2,17,18). The van der Waals surface area contributed by atoms with Gasteiger partial charge in [-0.3, -0.25) is 0 Å². The van der Waals surface area contributed by atoms with Gasteiger partial charge in [0.2, 0.25) is 0 Å². The molecule has 0 fully saturated rings. The minimum Gasteiger partial charge on any atom is -0.369 e. The fourth-order valence-corrected chi connectivity index (χ4v) is 2.16. The van der Waals surface area contributed by atoms with E-state index in [1.807, 2.05) is 54.4 Å². The molecule has 0 heterocycles. The molecule has 0 radical (unpaired) electrons. The van der Waals surface area contributed by atoms with Crippen molar-refractivity contribution in [3.8, 4) is 0 Å². The van der Waals surface area contributed by atoms with Gasteiger partial charge in [-0.1, -0.05) is 46.3 Å². The van der Waals surface area contributed by atoms with Crippen molar-refractivity contribution in [2.75, 3.05) is 7.05 Å². The molecular formula is C15H16BrN3. The van der Waals surface area contributed by atoms with Crippen LogP contribution >= 0.6 is 15.9 Å². The van der Waals surface area contributed by atoms with Crippen molar-refractivity contribution in [1.82, 2.24) is 4.90 Å². The molecule has 4 heteroatoms. The Balaban J connectivity index is 2.07. The summed E-state index contributed by atoms with van der Waals surface area (Å²) in [6.07, 6.45) is 0. The molecule has 0 atom stereocenters. The Morgan fingerprint density at radius 2 is 1.89 bits per heavy atom. The van der Waals surface area contributed by atoms with Gasteiger partial charge in [-0.2, -0.15) is 0 Å². The predicted octanol–water partition coefficient (Wildman–Crippen LogP) is 3.53. The van der Waals surface area contributed by atoms with Gasteiger partial charge in [0.25, 0.3) is 0 Å². The lowest BCUT2D eigenvalue weighted by Gasteiger charge is -2.18. The summed E-state index contributed by atoms with van der Waals surface area (Å²) in [5.41, 5.74) is 8.04. The Morgan fingerprint density at radius 1 is 1.16 bits per heavy atom. The van der Waals surface area contributed by atoms with E-state index in [-0.39, 0.29) is 0 Å². The zero-order valence-corrected chi connectivity index (χ0v) is 12.3. The van der Waals surface area contributed by atoms with Crippen LogP contribution in [-0.4, -0.2) is 17.9 Å². The van der Waals surface area contributed by atoms with Crippen molar-refractivity contribution in [1.29, 1.82) is 0 Å². The molecule has 0 saturated heterocycles. The average Bonchev–Trinajstić information content (AvgIpc) is 2.40. The van der Waals surface area contributed by atoms with Crippen LogP contribution in [0.4, 0.5) is 5.69 Å². The largest absolute Gasteiger partial charge is 0.369 e. The van der Waals surface area contributed by atoms with Crippen LogP contribution in [0.1, 0.15) is 5.56 Å². The number of hydrogen-bond acceptors (Lipinski definition) is 1. The fourth-order valence-electron chi connectivity index (χ4n) is 1.71. The molecule has 0 aliphatic heterocycles. The SMILES string of the molecule is CN(Cc1cccc(Br)c1)C(N)=Nc1ccccc1. The number of halogens is 1. The van der Waals surface area contributed by atoms with Crippen molar-refractivity contribution >= 4 is 27.6 Å². The summed E-state index contributed by atoms with van der Waals surface area (Å²) < 4.78 is 1.07. The zero-order valence-electron chi connectivity index (χ0n) is 10.8. The quantitative estimate of drug-likeness (QED) is 0.695. The van der Waals surface area contributed by atoms with Crippen molar-refractivity contribution in [2.24, 2.45) is 10.7 Å². The van der Waals surface area contributed by atoms with E-state index in [9.17, 15) is 0 Å². The molecule has 0 aromatic heterocycles. The van der Waals surface area contributed by atoms with Gasteiger partial charge in [-0.25, -0.2) is 4.99 Å². The highest BCUT2D eigenvalue weighted by molar-refractivity contribution is 9.10. The van der Waals surface area contributed by atoms with Crippen LogP contribution in [0, 0.1) is 0 Å². The van der Waals surface area contributed by atoms with Crippen molar-refractivity contribution < 1.29 is 0 Å². The first-order chi connectivity index (χ1) is 9.15. The van der Waals surface area contributed by atoms with Crippen molar-refractivity contribution in [3.63, 3.8) is 0 Å². The lowest BCUT2D eigenvalue weighted by molar-refractivity contribution is 0.495. The third-order valence-electron chi connectivity index (χ3n) is 2.70. The summed E-state index contributed by atoms with van der Waals surface area (Å²) >= 11 is 3.46. The van der Waals surface area contributed by atoms with Gasteiger partial charge in [0.1, 0.15) is 0 Å². The van der Waals surface area contributed by atoms with Gasteiger partial charge in [0.15, 0.2) is 5.96 Å². The number of nitrogens with zero attached hydrogens (tertiary/aromatic N) is 2. The molecule has 0 spiro atoms. The van der Waals surface area contributed by atoms with E-state index in [2.05, 4.69) is 33.1 Å². The molecule has 2 rings (SSSR count). The number of aliphatic imine (C=N–C) groups is 1. The molecule has 0 unspecified atom stereocenters. The van der Waals surface area contributed by atoms with Gasteiger partial charge in [0, 0.05) is 18.1 Å². The topological polar surface area (TPSA) is 41.6 Å². The predicted molar refractivity (Wildman–Crippen MR) is 83.3 cm³/mol. The second-order valence-electron chi connectivity index (χ2n) is 4.29. The highest BCUT2D eigenvalue weighted by atomic mass is 79.9. The van der Waals surface area contributed by atoms with Crippen molar-refractivity contribution in [3.05, 3.63) is 64.6 Å². The normalized spacial score (nSPS) is 11.4. The summed E-state index contributed by atoms with van der Waals surface area (Å²) in [6.45, 7) is 0.724. The number of benzene rings is 2. The summed E-state index contributed by atoms with van der Waals surface area (Å²) in [4.78, 5) is 6.31. The van der Waals surface area contributed by atoms with E-state index < -0.39 is 0 Å². The summed E-state index contributed by atoms with van der Waals surface area (Å²) in [5, 5.41) is 0. The summed E-state index contributed by atoms with van der Waals surface area (Å²) in [7, 11) is 1.93. The lowest BCUT2D eigenvalue weighted by atomic mass is 10.2. The van der Waals surface area contributed by atoms with Crippen LogP contribution in [0.2, 0.25) is 0 Å². The average molecular weight is 318 g/mol. The van der Waals surface area contributed by atoms with Gasteiger partial charge in [-0.15, -0.1) is 0 Å². The van der Waals surface area contributed by atoms with Crippen LogP contribution in [0.3, 0.4) is 0 Å². The van der Waals surface area contributed by atoms with Crippen LogP contribution in [0.5, 0.6) is 0 Å². The highest BCUT2D eigenvalue weighted by Crippen LogP contribution is 2.14. The van der Waals surface area contributed by atoms with E-state index in [1.165, 1.54) is 5.56 Å². The van der Waals surface area contributed by atoms with Crippen LogP contribution in [0.15, 0.2) is 64.1 Å². The minimum atomic E-state index is 0.506. The molecule has 2 aromatic rings. The maximum atomic E-state index is 6.00. The first kappa shape index (κ1) is 13.6. The molecule has 98 valence electrons. The molecule has 0 bridgehead atoms. The van der Waals surface area contributed by atoms with E-state index in [1.54, 1.807) is 0 Å². The monoisotopic (exact) mass is 317 g/mol. The number of nitrogens with two attached hydrogens (primary N) is 1. The van der Waals surface area contributed by atoms with Crippen LogP contribution in [-0.2, 0) is 6.54 Å². The van der Waals surface area contributed by atoms with E-state index in [4.69, 9.17) is 5.73 Å². The van der Waals surface area contributed by atoms with E-state index in [0.29, 0.717) is 5.96 Å². The number of guanidine groups is 1. The highest BCUT2D eigenvalue weighted by Gasteiger charge is 2.03. The van der Waals surface area contributed by atoms with Gasteiger partial charge >= 0.3 is 0 Å². The Morgan fingerprint density at radius 3 is 2.58 bits per heavy atom. The number of rotatable bonds is 3. The lowest BCUT2D eigenvalue weighted by Crippen LogP contribution is -2.33. The molecule has 2 N–H and O–H groups in total. The van der Waals surface area contributed by atoms with E-state index in [0.717, 1.165) is 16.7 Å². The Bertz CT molecular complexity index is 567. The zero-order chi connectivity index (χ0) is 13.7. The maximum Gasteiger partial charge on any atom is 0.196 e.